The van der Waals surface area contributed by atoms with Gasteiger partial charge in [-0.25, -0.2) is 9.59 Å². The number of anilines is 1. The Hall–Kier alpha value is -2.99. The third-order valence-corrected chi connectivity index (χ3v) is 5.54. The van der Waals surface area contributed by atoms with Gasteiger partial charge in [-0.2, -0.15) is 0 Å². The minimum atomic E-state index is -1.73. The first-order chi connectivity index (χ1) is 14.0. The standard InChI is InChI=1S/C18H23N3O8S/c1-7(2)13(20-8(3)22)14(23)19-5-9-4-10-11(6-29-9)30-16(12(10)17(25)26)21-15(24)18(27)28/h7,9,13H,4-6H2,1-3H3,(H,19,23)(H,20,22)(H,21,24)(H,25,26)(H,27,28). The average molecular weight is 441 g/mol. The number of fused-ring (bicyclic) bond motifs is 1. The van der Waals surface area contributed by atoms with Gasteiger partial charge < -0.3 is 30.9 Å². The van der Waals surface area contributed by atoms with E-state index in [-0.39, 0.29) is 47.9 Å². The highest BCUT2D eigenvalue weighted by Gasteiger charge is 2.32. The molecule has 0 radical (unpaired) electrons. The summed E-state index contributed by atoms with van der Waals surface area (Å²) >= 11 is 0.942. The number of hydrogen-bond acceptors (Lipinski definition) is 7. The van der Waals surface area contributed by atoms with Crippen LogP contribution < -0.4 is 16.0 Å². The minimum absolute atomic E-state index is 0.0586. The van der Waals surface area contributed by atoms with Crippen molar-refractivity contribution in [1.82, 2.24) is 10.6 Å². The lowest BCUT2D eigenvalue weighted by Crippen LogP contribution is -2.51. The summed E-state index contributed by atoms with van der Waals surface area (Å²) in [6, 6.07) is -0.713. The van der Waals surface area contributed by atoms with Crippen molar-refractivity contribution in [2.24, 2.45) is 5.92 Å². The summed E-state index contributed by atoms with van der Waals surface area (Å²) in [5.74, 6) is -5.21. The molecule has 2 unspecified atom stereocenters. The summed E-state index contributed by atoms with van der Waals surface area (Å²) in [5, 5.41) is 25.6. The van der Waals surface area contributed by atoms with E-state index in [0.717, 1.165) is 11.3 Å². The van der Waals surface area contributed by atoms with Crippen molar-refractivity contribution in [3.63, 3.8) is 0 Å². The normalized spacial score (nSPS) is 16.3. The van der Waals surface area contributed by atoms with E-state index >= 15 is 0 Å². The molecular weight excluding hydrogens is 418 g/mol. The van der Waals surface area contributed by atoms with Crippen molar-refractivity contribution in [1.29, 1.82) is 0 Å². The summed E-state index contributed by atoms with van der Waals surface area (Å²) in [6.07, 6.45) is -0.370. The van der Waals surface area contributed by atoms with Crippen molar-refractivity contribution in [2.75, 3.05) is 11.9 Å². The van der Waals surface area contributed by atoms with Gasteiger partial charge in [0.2, 0.25) is 11.8 Å². The highest BCUT2D eigenvalue weighted by Crippen LogP contribution is 2.37. The summed E-state index contributed by atoms with van der Waals surface area (Å²) in [4.78, 5) is 58.1. The fourth-order valence-electron chi connectivity index (χ4n) is 3.01. The van der Waals surface area contributed by atoms with Gasteiger partial charge in [0.25, 0.3) is 0 Å². The van der Waals surface area contributed by atoms with Crippen LogP contribution in [-0.4, -0.2) is 58.6 Å². The van der Waals surface area contributed by atoms with E-state index < -0.39 is 30.0 Å². The molecule has 164 valence electrons. The molecule has 5 N–H and O–H groups in total. The number of carbonyl (C=O) groups excluding carboxylic acids is 3. The van der Waals surface area contributed by atoms with Crippen LogP contribution >= 0.6 is 11.3 Å². The number of ether oxygens (including phenoxy) is 1. The van der Waals surface area contributed by atoms with Gasteiger partial charge >= 0.3 is 17.8 Å². The maximum absolute atomic E-state index is 12.4. The van der Waals surface area contributed by atoms with Gasteiger partial charge in [0.1, 0.15) is 11.0 Å². The SMILES string of the molecule is CC(=O)NC(C(=O)NCC1Cc2c(sc(NC(=O)C(=O)O)c2C(=O)O)CO1)C(C)C. The van der Waals surface area contributed by atoms with Gasteiger partial charge in [-0.15, -0.1) is 11.3 Å². The second kappa shape index (κ2) is 9.67. The van der Waals surface area contributed by atoms with Crippen molar-refractivity contribution in [2.45, 2.75) is 45.9 Å². The monoisotopic (exact) mass is 441 g/mol. The van der Waals surface area contributed by atoms with Crippen LogP contribution in [0.25, 0.3) is 0 Å². The lowest BCUT2D eigenvalue weighted by Gasteiger charge is -2.26. The molecule has 0 aromatic carbocycles. The van der Waals surface area contributed by atoms with Gasteiger partial charge in [0.05, 0.1) is 18.3 Å². The van der Waals surface area contributed by atoms with Crippen molar-refractivity contribution in [3.8, 4) is 0 Å². The Morgan fingerprint density at radius 2 is 1.87 bits per heavy atom. The second-order valence-electron chi connectivity index (χ2n) is 7.08. The van der Waals surface area contributed by atoms with E-state index in [9.17, 15) is 29.1 Å². The van der Waals surface area contributed by atoms with Gasteiger partial charge in [-0.1, -0.05) is 13.8 Å². The summed E-state index contributed by atoms with van der Waals surface area (Å²) in [7, 11) is 0. The Bertz CT molecular complexity index is 879. The molecule has 2 rings (SSSR count). The smallest absolute Gasteiger partial charge is 0.394 e. The molecule has 3 amide bonds. The molecule has 12 heteroatoms. The second-order valence-corrected chi connectivity index (χ2v) is 8.18. The summed E-state index contributed by atoms with van der Waals surface area (Å²) < 4.78 is 5.66. The predicted octanol–water partition coefficient (Wildman–Crippen LogP) is 0.188. The molecule has 0 aliphatic carbocycles. The molecule has 2 atom stereocenters. The summed E-state index contributed by atoms with van der Waals surface area (Å²) in [5.41, 5.74) is 0.253. The Morgan fingerprint density at radius 1 is 1.20 bits per heavy atom. The number of nitrogens with one attached hydrogen (secondary N) is 3. The van der Waals surface area contributed by atoms with Crippen LogP contribution in [-0.2, 0) is 36.9 Å². The van der Waals surface area contributed by atoms with E-state index in [0.29, 0.717) is 10.4 Å². The summed E-state index contributed by atoms with van der Waals surface area (Å²) in [6.45, 7) is 5.05. The maximum atomic E-state index is 12.4. The number of aliphatic carboxylic acids is 1. The molecule has 0 saturated carbocycles. The van der Waals surface area contributed by atoms with Crippen molar-refractivity contribution in [3.05, 3.63) is 16.0 Å². The first kappa shape index (κ1) is 23.3. The van der Waals surface area contributed by atoms with Crippen molar-refractivity contribution >= 4 is 46.0 Å². The van der Waals surface area contributed by atoms with E-state index in [1.165, 1.54) is 6.92 Å². The van der Waals surface area contributed by atoms with E-state index in [1.807, 2.05) is 0 Å². The molecular formula is C18H23N3O8S. The van der Waals surface area contributed by atoms with Gasteiger partial charge in [-0.05, 0) is 11.5 Å². The maximum Gasteiger partial charge on any atom is 0.394 e. The molecule has 1 aliphatic rings. The third-order valence-electron chi connectivity index (χ3n) is 4.42. The third kappa shape index (κ3) is 5.54. The molecule has 0 fully saturated rings. The molecule has 0 saturated heterocycles. The van der Waals surface area contributed by atoms with Crippen LogP contribution in [0.15, 0.2) is 0 Å². The molecule has 1 aromatic rings. The van der Waals surface area contributed by atoms with Crippen LogP contribution in [0.5, 0.6) is 0 Å². The van der Waals surface area contributed by atoms with Crippen LogP contribution in [0.2, 0.25) is 0 Å². The van der Waals surface area contributed by atoms with Gasteiger partial charge in [-0.3, -0.25) is 14.4 Å². The first-order valence-electron chi connectivity index (χ1n) is 9.09. The number of carbonyl (C=O) groups is 5. The lowest BCUT2D eigenvalue weighted by atomic mass is 10.00. The Balaban J connectivity index is 2.11. The fourth-order valence-corrected chi connectivity index (χ4v) is 4.14. The van der Waals surface area contributed by atoms with E-state index in [1.54, 1.807) is 13.8 Å². The Morgan fingerprint density at radius 3 is 2.40 bits per heavy atom. The first-order valence-corrected chi connectivity index (χ1v) is 9.91. The van der Waals surface area contributed by atoms with Crippen LogP contribution in [0.1, 0.15) is 41.6 Å². The number of amides is 3. The van der Waals surface area contributed by atoms with Gasteiger partial charge in [0.15, 0.2) is 0 Å². The Kier molecular flexibility index (Phi) is 7.51. The highest BCUT2D eigenvalue weighted by molar-refractivity contribution is 7.17. The molecule has 0 bridgehead atoms. The molecule has 1 aliphatic heterocycles. The number of rotatable bonds is 7. The predicted molar refractivity (Wildman–Crippen MR) is 105 cm³/mol. The zero-order valence-electron chi connectivity index (χ0n) is 16.6. The van der Waals surface area contributed by atoms with Crippen LogP contribution in [0.3, 0.4) is 0 Å². The van der Waals surface area contributed by atoms with Crippen molar-refractivity contribution < 1.29 is 38.9 Å². The molecule has 11 nitrogen and oxygen atoms in total. The molecule has 30 heavy (non-hydrogen) atoms. The topological polar surface area (TPSA) is 171 Å². The minimum Gasteiger partial charge on any atom is -0.478 e. The highest BCUT2D eigenvalue weighted by atomic mass is 32.1. The number of aromatic carboxylic acids is 1. The zero-order chi connectivity index (χ0) is 22.6. The number of hydrogen-bond donors (Lipinski definition) is 5. The largest absolute Gasteiger partial charge is 0.478 e. The fraction of sp³-hybridized carbons (Fsp3) is 0.500. The number of thiophene rings is 1. The number of carboxylic acid groups (broad SMARTS) is 2. The van der Waals surface area contributed by atoms with Gasteiger partial charge in [0, 0.05) is 24.8 Å². The molecule has 2 heterocycles. The molecule has 0 spiro atoms. The van der Waals surface area contributed by atoms with Crippen LogP contribution in [0, 0.1) is 5.92 Å². The van der Waals surface area contributed by atoms with Crippen LogP contribution in [0.4, 0.5) is 5.00 Å². The molecule has 1 aromatic heterocycles. The number of carboxylic acids is 2. The quantitative estimate of drug-likeness (QED) is 0.373. The Labute approximate surface area is 175 Å². The lowest BCUT2D eigenvalue weighted by molar-refractivity contribution is -0.147. The van der Waals surface area contributed by atoms with E-state index in [4.69, 9.17) is 9.84 Å². The van der Waals surface area contributed by atoms with E-state index in [2.05, 4.69) is 16.0 Å². The average Bonchev–Trinajstić information content (AvgIpc) is 3.00. The zero-order valence-corrected chi connectivity index (χ0v) is 17.4.